The molecule has 2 N–H and O–H groups in total. The highest BCUT2D eigenvalue weighted by atomic mass is 32.2. The average molecular weight is 285 g/mol. The molecule has 1 aromatic heterocycles. The summed E-state index contributed by atoms with van der Waals surface area (Å²) in [6.07, 6.45) is 2.34. The van der Waals surface area contributed by atoms with E-state index < -0.39 is 10.0 Å². The minimum atomic E-state index is -3.50. The molecule has 1 rings (SSSR count). The Morgan fingerprint density at radius 1 is 1.26 bits per heavy atom. The largest absolute Gasteiger partial charge is 0.310 e. The molecule has 0 saturated heterocycles. The lowest BCUT2D eigenvalue weighted by atomic mass is 10.2. The molecular formula is C13H23N3O2S. The van der Waals surface area contributed by atoms with Crippen LogP contribution in [0, 0.1) is 0 Å². The summed E-state index contributed by atoms with van der Waals surface area (Å²) < 4.78 is 26.6. The molecule has 0 amide bonds. The van der Waals surface area contributed by atoms with Gasteiger partial charge in [0, 0.05) is 24.8 Å². The lowest BCUT2D eigenvalue weighted by Crippen LogP contribution is -2.32. The van der Waals surface area contributed by atoms with Gasteiger partial charge in [-0.05, 0) is 25.0 Å². The van der Waals surface area contributed by atoms with Gasteiger partial charge in [-0.2, -0.15) is 0 Å². The Morgan fingerprint density at radius 2 is 1.95 bits per heavy atom. The molecule has 0 radical (unpaired) electrons. The van der Waals surface area contributed by atoms with Crippen molar-refractivity contribution < 1.29 is 8.42 Å². The highest BCUT2D eigenvalue weighted by Crippen LogP contribution is 2.08. The number of aromatic nitrogens is 1. The smallest absolute Gasteiger partial charge is 0.258 e. The molecule has 5 nitrogen and oxygen atoms in total. The first-order valence-corrected chi connectivity index (χ1v) is 8.04. The second kappa shape index (κ2) is 6.98. The van der Waals surface area contributed by atoms with E-state index in [1.807, 2.05) is 13.8 Å². The predicted octanol–water partition coefficient (Wildman–Crippen LogP) is 1.66. The Kier molecular flexibility index (Phi) is 5.90. The van der Waals surface area contributed by atoms with E-state index in [1.165, 1.54) is 0 Å². The fourth-order valence-electron chi connectivity index (χ4n) is 1.40. The molecular weight excluding hydrogens is 262 g/mol. The summed E-state index contributed by atoms with van der Waals surface area (Å²) in [5, 5.41) is 3.33. The molecule has 6 heteroatoms. The average Bonchev–Trinajstić information content (AvgIpc) is 2.36. The van der Waals surface area contributed by atoms with Crippen LogP contribution in [0.3, 0.4) is 0 Å². The topological polar surface area (TPSA) is 71.1 Å². The molecule has 0 aliphatic heterocycles. The number of pyridine rings is 1. The van der Waals surface area contributed by atoms with Crippen LogP contribution in [0.5, 0.6) is 0 Å². The van der Waals surface area contributed by atoms with E-state index in [1.54, 1.807) is 18.3 Å². The second-order valence-corrected chi connectivity index (χ2v) is 6.63. The molecule has 0 saturated carbocycles. The van der Waals surface area contributed by atoms with Crippen LogP contribution in [0.15, 0.2) is 23.4 Å². The highest BCUT2D eigenvalue weighted by molar-refractivity contribution is 7.89. The van der Waals surface area contributed by atoms with E-state index in [-0.39, 0.29) is 11.1 Å². The van der Waals surface area contributed by atoms with Crippen LogP contribution in [-0.4, -0.2) is 25.5 Å². The third-order valence-corrected chi connectivity index (χ3v) is 4.26. The van der Waals surface area contributed by atoms with Gasteiger partial charge in [0.1, 0.15) is 0 Å². The van der Waals surface area contributed by atoms with Crippen molar-refractivity contribution in [2.24, 2.45) is 0 Å². The van der Waals surface area contributed by atoms with Gasteiger partial charge in [0.05, 0.1) is 0 Å². The summed E-state index contributed by atoms with van der Waals surface area (Å²) in [5.41, 5.74) is 0.969. The first-order chi connectivity index (χ1) is 8.85. The van der Waals surface area contributed by atoms with Gasteiger partial charge in [0.15, 0.2) is 5.03 Å². The summed E-state index contributed by atoms with van der Waals surface area (Å²) in [4.78, 5) is 4.03. The standard InChI is InChI=1S/C13H23N3O2S/c1-5-11(4)16-19(17,18)13-7-6-12(9-15-13)8-14-10(2)3/h6-7,9-11,14,16H,5,8H2,1-4H3. The highest BCUT2D eigenvalue weighted by Gasteiger charge is 2.17. The molecule has 108 valence electrons. The molecule has 0 fully saturated rings. The summed E-state index contributed by atoms with van der Waals surface area (Å²) in [5.74, 6) is 0. The van der Waals surface area contributed by atoms with Crippen LogP contribution >= 0.6 is 0 Å². The summed E-state index contributed by atoms with van der Waals surface area (Å²) in [6, 6.07) is 3.62. The van der Waals surface area contributed by atoms with E-state index in [2.05, 4.69) is 28.9 Å². The van der Waals surface area contributed by atoms with E-state index in [4.69, 9.17) is 0 Å². The Bertz CT molecular complexity index is 483. The Hall–Kier alpha value is -0.980. The van der Waals surface area contributed by atoms with Gasteiger partial charge in [0.2, 0.25) is 0 Å². The molecule has 1 aromatic rings. The van der Waals surface area contributed by atoms with Gasteiger partial charge in [-0.3, -0.25) is 0 Å². The SMILES string of the molecule is CCC(C)NS(=O)(=O)c1ccc(CNC(C)C)cn1. The van der Waals surface area contributed by atoms with Gasteiger partial charge >= 0.3 is 0 Å². The van der Waals surface area contributed by atoms with Gasteiger partial charge in [-0.15, -0.1) is 0 Å². The fourth-order valence-corrected chi connectivity index (χ4v) is 2.66. The van der Waals surface area contributed by atoms with Crippen LogP contribution in [0.1, 0.15) is 39.7 Å². The Balaban J connectivity index is 2.75. The molecule has 19 heavy (non-hydrogen) atoms. The van der Waals surface area contributed by atoms with Crippen LogP contribution < -0.4 is 10.0 Å². The number of nitrogens with one attached hydrogen (secondary N) is 2. The fraction of sp³-hybridized carbons (Fsp3) is 0.615. The number of hydrogen-bond acceptors (Lipinski definition) is 4. The van der Waals surface area contributed by atoms with Crippen molar-refractivity contribution in [1.82, 2.24) is 15.0 Å². The molecule has 0 aliphatic carbocycles. The zero-order chi connectivity index (χ0) is 14.5. The van der Waals surface area contributed by atoms with Crippen LogP contribution in [0.4, 0.5) is 0 Å². The minimum absolute atomic E-state index is 0.0705. The third-order valence-electron chi connectivity index (χ3n) is 2.76. The Labute approximate surface area is 115 Å². The second-order valence-electron chi connectivity index (χ2n) is 4.97. The van der Waals surface area contributed by atoms with E-state index in [9.17, 15) is 8.42 Å². The van der Waals surface area contributed by atoms with Crippen LogP contribution in [0.2, 0.25) is 0 Å². The van der Waals surface area contributed by atoms with E-state index >= 15 is 0 Å². The maximum absolute atomic E-state index is 12.0. The monoisotopic (exact) mass is 285 g/mol. The zero-order valence-electron chi connectivity index (χ0n) is 12.0. The first-order valence-electron chi connectivity index (χ1n) is 6.55. The molecule has 1 heterocycles. The summed E-state index contributed by atoms with van der Waals surface area (Å²) in [6.45, 7) is 8.56. The molecule has 0 bridgehead atoms. The van der Waals surface area contributed by atoms with Crippen molar-refractivity contribution >= 4 is 10.0 Å². The molecule has 1 unspecified atom stereocenters. The van der Waals surface area contributed by atoms with Gasteiger partial charge in [-0.1, -0.05) is 26.8 Å². The van der Waals surface area contributed by atoms with Crippen LogP contribution in [0.25, 0.3) is 0 Å². The maximum Gasteiger partial charge on any atom is 0.258 e. The van der Waals surface area contributed by atoms with Gasteiger partial charge in [-0.25, -0.2) is 18.1 Å². The number of rotatable bonds is 7. The lowest BCUT2D eigenvalue weighted by Gasteiger charge is -2.12. The van der Waals surface area contributed by atoms with Gasteiger partial charge in [0.25, 0.3) is 10.0 Å². The van der Waals surface area contributed by atoms with Crippen molar-refractivity contribution in [3.05, 3.63) is 23.9 Å². The number of sulfonamides is 1. The van der Waals surface area contributed by atoms with Crippen molar-refractivity contribution in [2.75, 3.05) is 0 Å². The molecule has 1 atom stereocenters. The minimum Gasteiger partial charge on any atom is -0.310 e. The van der Waals surface area contributed by atoms with Crippen molar-refractivity contribution in [3.63, 3.8) is 0 Å². The van der Waals surface area contributed by atoms with Crippen LogP contribution in [-0.2, 0) is 16.6 Å². The van der Waals surface area contributed by atoms with E-state index in [0.29, 0.717) is 12.6 Å². The number of nitrogens with zero attached hydrogens (tertiary/aromatic N) is 1. The summed E-state index contributed by atoms with van der Waals surface area (Å²) in [7, 11) is -3.50. The van der Waals surface area contributed by atoms with Crippen molar-refractivity contribution in [2.45, 2.75) is 57.8 Å². The lowest BCUT2D eigenvalue weighted by molar-refractivity contribution is 0.551. The van der Waals surface area contributed by atoms with Crippen molar-refractivity contribution in [1.29, 1.82) is 0 Å². The Morgan fingerprint density at radius 3 is 2.42 bits per heavy atom. The maximum atomic E-state index is 12.0. The normalized spacial score (nSPS) is 13.7. The molecule has 0 aromatic carbocycles. The first kappa shape index (κ1) is 16.1. The molecule has 0 spiro atoms. The third kappa shape index (κ3) is 5.26. The van der Waals surface area contributed by atoms with E-state index in [0.717, 1.165) is 12.0 Å². The van der Waals surface area contributed by atoms with Crippen molar-refractivity contribution in [3.8, 4) is 0 Å². The zero-order valence-corrected chi connectivity index (χ0v) is 12.8. The summed E-state index contributed by atoms with van der Waals surface area (Å²) >= 11 is 0. The number of hydrogen-bond donors (Lipinski definition) is 2. The molecule has 0 aliphatic rings. The predicted molar refractivity (Wildman–Crippen MR) is 76.3 cm³/mol. The van der Waals surface area contributed by atoms with Gasteiger partial charge < -0.3 is 5.32 Å². The quantitative estimate of drug-likeness (QED) is 0.799.